The van der Waals surface area contributed by atoms with Crippen molar-refractivity contribution < 1.29 is 0 Å². The second kappa shape index (κ2) is 9.72. The minimum Gasteiger partial charge on any atom is -0.361 e. The van der Waals surface area contributed by atoms with E-state index in [1.165, 1.54) is 22.0 Å². The first-order valence-electron chi connectivity index (χ1n) is 9.02. The number of benzene rings is 1. The molecule has 0 unspecified atom stereocenters. The quantitative estimate of drug-likeness (QED) is 0.287. The number of aliphatic imine (C=N–C) groups is 1. The Hall–Kier alpha value is -2.10. The zero-order valence-electron chi connectivity index (χ0n) is 16.3. The van der Waals surface area contributed by atoms with Crippen LogP contribution < -0.4 is 10.6 Å². The lowest BCUT2D eigenvalue weighted by Crippen LogP contribution is -2.38. The van der Waals surface area contributed by atoms with E-state index in [0.717, 1.165) is 37.1 Å². The maximum absolute atomic E-state index is 4.61. The van der Waals surface area contributed by atoms with E-state index in [2.05, 4.69) is 69.1 Å². The molecule has 3 aromatic rings. The lowest BCUT2D eigenvalue weighted by atomic mass is 10.1. The van der Waals surface area contributed by atoms with Gasteiger partial charge in [-0.15, -0.1) is 34.2 Å². The van der Waals surface area contributed by atoms with E-state index in [9.17, 15) is 0 Å². The van der Waals surface area contributed by atoms with Gasteiger partial charge in [0.05, 0.1) is 0 Å². The number of hydrogen-bond donors (Lipinski definition) is 3. The summed E-state index contributed by atoms with van der Waals surface area (Å²) < 4.78 is 1.96. The van der Waals surface area contributed by atoms with Gasteiger partial charge in [0.25, 0.3) is 0 Å². The minimum atomic E-state index is 0. The fourth-order valence-electron chi connectivity index (χ4n) is 2.90. The molecule has 8 heteroatoms. The van der Waals surface area contributed by atoms with Gasteiger partial charge in [0.2, 0.25) is 0 Å². The Bertz CT molecular complexity index is 910. The molecule has 146 valence electrons. The lowest BCUT2D eigenvalue weighted by Gasteiger charge is -2.11. The largest absolute Gasteiger partial charge is 0.361 e. The van der Waals surface area contributed by atoms with Crippen molar-refractivity contribution >= 4 is 40.8 Å². The first kappa shape index (κ1) is 21.2. The molecule has 2 aromatic heterocycles. The summed E-state index contributed by atoms with van der Waals surface area (Å²) in [5, 5.41) is 16.2. The number of H-pyrrole nitrogens is 1. The number of aromatic nitrogens is 4. The molecule has 7 nitrogen and oxygen atoms in total. The predicted molar refractivity (Wildman–Crippen MR) is 121 cm³/mol. The van der Waals surface area contributed by atoms with E-state index in [4.69, 9.17) is 0 Å². The maximum atomic E-state index is 4.61. The van der Waals surface area contributed by atoms with E-state index >= 15 is 0 Å². The van der Waals surface area contributed by atoms with Crippen LogP contribution in [0.4, 0.5) is 0 Å². The van der Waals surface area contributed by atoms with Gasteiger partial charge in [-0.2, -0.15) is 0 Å². The van der Waals surface area contributed by atoms with Gasteiger partial charge in [-0.05, 0) is 44.4 Å². The number of aromatic amines is 1. The van der Waals surface area contributed by atoms with Crippen molar-refractivity contribution in [2.45, 2.75) is 33.7 Å². The van der Waals surface area contributed by atoms with Crippen LogP contribution in [0.3, 0.4) is 0 Å². The van der Waals surface area contributed by atoms with Crippen molar-refractivity contribution in [3.05, 3.63) is 47.2 Å². The molecule has 0 saturated carbocycles. The van der Waals surface area contributed by atoms with Crippen molar-refractivity contribution in [2.75, 3.05) is 13.1 Å². The molecular weight excluding hydrogens is 453 g/mol. The smallest absolute Gasteiger partial charge is 0.191 e. The molecule has 3 N–H and O–H groups in total. The Balaban J connectivity index is 0.00000261. The van der Waals surface area contributed by atoms with E-state index in [1.54, 1.807) is 0 Å². The van der Waals surface area contributed by atoms with Gasteiger partial charge in [0.1, 0.15) is 12.4 Å². The first-order chi connectivity index (χ1) is 12.6. The van der Waals surface area contributed by atoms with Crippen molar-refractivity contribution in [1.82, 2.24) is 30.4 Å². The third-order valence-corrected chi connectivity index (χ3v) is 4.52. The molecule has 0 radical (unpaired) electrons. The fourth-order valence-corrected chi connectivity index (χ4v) is 2.90. The van der Waals surface area contributed by atoms with Crippen molar-refractivity contribution in [1.29, 1.82) is 0 Å². The van der Waals surface area contributed by atoms with Crippen LogP contribution in [0.5, 0.6) is 0 Å². The molecule has 0 saturated heterocycles. The molecular formula is C19H28IN7. The number of fused-ring (bicyclic) bond motifs is 1. The van der Waals surface area contributed by atoms with Crippen LogP contribution in [-0.4, -0.2) is 38.8 Å². The standard InChI is InChI=1S/C19H27N7.HI/c1-5-20-19(23-12-18-25-24-14(3)26(18)4)21-9-8-15-11-22-17-10-13(2)6-7-16(15)17;/h6-7,10-11,22H,5,8-9,12H2,1-4H3,(H2,20,21,23);1H. The molecule has 0 bridgehead atoms. The van der Waals surface area contributed by atoms with Crippen LogP contribution in [-0.2, 0) is 20.0 Å². The second-order valence-electron chi connectivity index (χ2n) is 6.46. The fraction of sp³-hybridized carbons (Fsp3) is 0.421. The Kier molecular flexibility index (Phi) is 7.64. The molecule has 0 aliphatic carbocycles. The molecule has 0 aliphatic rings. The normalized spacial score (nSPS) is 11.5. The summed E-state index contributed by atoms with van der Waals surface area (Å²) in [6.45, 7) is 8.23. The number of rotatable bonds is 6. The number of hydrogen-bond acceptors (Lipinski definition) is 3. The Morgan fingerprint density at radius 2 is 2.04 bits per heavy atom. The summed E-state index contributed by atoms with van der Waals surface area (Å²) in [4.78, 5) is 7.97. The van der Waals surface area contributed by atoms with Crippen LogP contribution in [0.2, 0.25) is 0 Å². The summed E-state index contributed by atoms with van der Waals surface area (Å²) in [7, 11) is 1.96. The van der Waals surface area contributed by atoms with Crippen LogP contribution >= 0.6 is 24.0 Å². The molecule has 3 rings (SSSR count). The molecule has 0 fully saturated rings. The molecule has 0 aliphatic heterocycles. The van der Waals surface area contributed by atoms with Crippen LogP contribution in [0.15, 0.2) is 29.4 Å². The van der Waals surface area contributed by atoms with Gasteiger partial charge >= 0.3 is 0 Å². The highest BCUT2D eigenvalue weighted by atomic mass is 127. The molecule has 0 amide bonds. The summed E-state index contributed by atoms with van der Waals surface area (Å²) in [5.41, 5.74) is 3.77. The Morgan fingerprint density at radius 1 is 1.22 bits per heavy atom. The van der Waals surface area contributed by atoms with Gasteiger partial charge in [-0.1, -0.05) is 12.1 Å². The van der Waals surface area contributed by atoms with Crippen LogP contribution in [0, 0.1) is 13.8 Å². The van der Waals surface area contributed by atoms with E-state index in [1.807, 2.05) is 18.5 Å². The predicted octanol–water partition coefficient (Wildman–Crippen LogP) is 2.83. The number of guanidine groups is 1. The van der Waals surface area contributed by atoms with E-state index < -0.39 is 0 Å². The van der Waals surface area contributed by atoms with Crippen LogP contribution in [0.25, 0.3) is 10.9 Å². The summed E-state index contributed by atoms with van der Waals surface area (Å²) in [5.74, 6) is 2.54. The molecule has 0 spiro atoms. The average Bonchev–Trinajstić information content (AvgIpc) is 3.16. The molecule has 2 heterocycles. The van der Waals surface area contributed by atoms with Gasteiger partial charge in [-0.3, -0.25) is 0 Å². The maximum Gasteiger partial charge on any atom is 0.191 e. The summed E-state index contributed by atoms with van der Waals surface area (Å²) in [6.07, 6.45) is 3.02. The van der Waals surface area contributed by atoms with Crippen molar-refractivity contribution in [3.8, 4) is 0 Å². The average molecular weight is 481 g/mol. The number of nitrogens with one attached hydrogen (secondary N) is 3. The SMILES string of the molecule is CCNC(=NCc1nnc(C)n1C)NCCc1c[nH]c2cc(C)ccc12.I. The van der Waals surface area contributed by atoms with Crippen LogP contribution in [0.1, 0.15) is 29.7 Å². The van der Waals surface area contributed by atoms with Gasteiger partial charge in [0, 0.05) is 37.2 Å². The molecule has 0 atom stereocenters. The highest BCUT2D eigenvalue weighted by Gasteiger charge is 2.06. The van der Waals surface area contributed by atoms with Gasteiger partial charge in [-0.25, -0.2) is 4.99 Å². The third-order valence-electron chi connectivity index (χ3n) is 4.52. The van der Waals surface area contributed by atoms with Gasteiger partial charge in [0.15, 0.2) is 11.8 Å². The van der Waals surface area contributed by atoms with Crippen molar-refractivity contribution in [3.63, 3.8) is 0 Å². The topological polar surface area (TPSA) is 82.9 Å². The third kappa shape index (κ3) is 5.21. The number of nitrogens with zero attached hydrogens (tertiary/aromatic N) is 4. The van der Waals surface area contributed by atoms with E-state index in [0.29, 0.717) is 6.54 Å². The zero-order chi connectivity index (χ0) is 18.5. The lowest BCUT2D eigenvalue weighted by molar-refractivity contribution is 0.754. The van der Waals surface area contributed by atoms with Crippen molar-refractivity contribution in [2.24, 2.45) is 12.0 Å². The van der Waals surface area contributed by atoms with E-state index in [-0.39, 0.29) is 24.0 Å². The Labute approximate surface area is 177 Å². The molecule has 27 heavy (non-hydrogen) atoms. The number of aryl methyl sites for hydroxylation is 2. The minimum absolute atomic E-state index is 0. The summed E-state index contributed by atoms with van der Waals surface area (Å²) in [6, 6.07) is 6.52. The number of halogens is 1. The highest BCUT2D eigenvalue weighted by Crippen LogP contribution is 2.19. The summed E-state index contributed by atoms with van der Waals surface area (Å²) >= 11 is 0. The zero-order valence-corrected chi connectivity index (χ0v) is 18.7. The first-order valence-corrected chi connectivity index (χ1v) is 9.02. The second-order valence-corrected chi connectivity index (χ2v) is 6.46. The molecule has 1 aromatic carbocycles. The highest BCUT2D eigenvalue weighted by molar-refractivity contribution is 14.0. The monoisotopic (exact) mass is 481 g/mol. The Morgan fingerprint density at radius 3 is 2.74 bits per heavy atom. The van der Waals surface area contributed by atoms with Gasteiger partial charge < -0.3 is 20.2 Å².